The van der Waals surface area contributed by atoms with E-state index in [1.54, 1.807) is 29.1 Å². The van der Waals surface area contributed by atoms with Gasteiger partial charge in [-0.3, -0.25) is 4.79 Å². The Labute approximate surface area is 108 Å². The molecule has 4 nitrogen and oxygen atoms in total. The molecule has 1 heterocycles. The average molecular weight is 285 g/mol. The van der Waals surface area contributed by atoms with E-state index in [1.165, 1.54) is 0 Å². The van der Waals surface area contributed by atoms with E-state index in [0.717, 1.165) is 0 Å². The first-order chi connectivity index (χ1) is 7.39. The molecule has 0 radical (unpaired) electrons. The first-order valence-corrected chi connectivity index (χ1v) is 5.51. The minimum atomic E-state index is -1.93. The number of amides is 1. The Morgan fingerprint density at radius 1 is 1.31 bits per heavy atom. The molecule has 1 amide bonds. The van der Waals surface area contributed by atoms with Crippen LogP contribution in [0.25, 0.3) is 0 Å². The molecule has 0 bridgehead atoms. The second kappa shape index (κ2) is 5.68. The lowest BCUT2D eigenvalue weighted by atomic mass is 10.4. The van der Waals surface area contributed by atoms with Crippen LogP contribution in [0, 0.1) is 0 Å². The number of hydrogen-bond donors (Lipinski definition) is 2. The Morgan fingerprint density at radius 2 is 1.88 bits per heavy atom. The van der Waals surface area contributed by atoms with Gasteiger partial charge >= 0.3 is 0 Å². The fourth-order valence-electron chi connectivity index (χ4n) is 0.986. The van der Waals surface area contributed by atoms with Crippen LogP contribution in [0.5, 0.6) is 0 Å². The number of carbonyl (C=O) groups is 1. The number of rotatable bonds is 3. The van der Waals surface area contributed by atoms with Crippen LogP contribution in [0.2, 0.25) is 0 Å². The first kappa shape index (κ1) is 13.5. The van der Waals surface area contributed by atoms with Gasteiger partial charge in [0.2, 0.25) is 10.3 Å². The van der Waals surface area contributed by atoms with E-state index in [1.807, 2.05) is 6.07 Å². The quantitative estimate of drug-likeness (QED) is 0.490. The third-order valence-corrected chi connectivity index (χ3v) is 2.33. The van der Waals surface area contributed by atoms with Crippen molar-refractivity contribution in [2.45, 2.75) is 16.6 Å². The van der Waals surface area contributed by atoms with E-state index in [0.29, 0.717) is 0 Å². The number of alkyl halides is 3. The number of carbonyl (C=O) groups excluding carboxylic acids is 1. The van der Waals surface area contributed by atoms with Crippen molar-refractivity contribution in [3.63, 3.8) is 0 Å². The van der Waals surface area contributed by atoms with Gasteiger partial charge in [-0.15, -0.1) is 0 Å². The Bertz CT molecular complexity index is 354. The molecule has 16 heavy (non-hydrogen) atoms. The second-order valence-corrected chi connectivity index (χ2v) is 5.43. The van der Waals surface area contributed by atoms with Gasteiger partial charge < -0.3 is 10.4 Å². The minimum Gasteiger partial charge on any atom is -0.369 e. The summed E-state index contributed by atoms with van der Waals surface area (Å²) in [7, 11) is 0. The van der Waals surface area contributed by atoms with Gasteiger partial charge in [0.05, 0.1) is 0 Å². The monoisotopic (exact) mass is 283 g/mol. The fraction of sp³-hybridized carbons (Fsp3) is 0.333. The Balaban J connectivity index is 2.49. The van der Waals surface area contributed by atoms with Crippen molar-refractivity contribution >= 4 is 40.7 Å². The molecule has 0 aliphatic rings. The zero-order valence-electron chi connectivity index (χ0n) is 8.11. The van der Waals surface area contributed by atoms with Gasteiger partial charge in [0, 0.05) is 12.1 Å². The highest BCUT2D eigenvalue weighted by Gasteiger charge is 2.32. The van der Waals surface area contributed by atoms with Crippen LogP contribution in [0.3, 0.4) is 0 Å². The Hall–Kier alpha value is -0.550. The number of pyridine rings is 1. The number of halogens is 3. The van der Waals surface area contributed by atoms with Crippen molar-refractivity contribution in [3.05, 3.63) is 30.6 Å². The van der Waals surface area contributed by atoms with Crippen molar-refractivity contribution in [3.8, 4) is 0 Å². The van der Waals surface area contributed by atoms with Gasteiger partial charge in [-0.1, -0.05) is 40.9 Å². The molecule has 1 aromatic heterocycles. The zero-order chi connectivity index (χ0) is 12.2. The topological polar surface area (TPSA) is 53.2 Å². The molecule has 0 saturated carbocycles. The summed E-state index contributed by atoms with van der Waals surface area (Å²) in [5.74, 6) is -0.449. The maximum atomic E-state index is 11.4. The number of hydrogen-bond acceptors (Lipinski definition) is 2. The van der Waals surface area contributed by atoms with E-state index in [-0.39, 0.29) is 6.54 Å². The number of aliphatic hydroxyl groups is 1. The highest BCUT2D eigenvalue weighted by molar-refractivity contribution is 6.68. The van der Waals surface area contributed by atoms with Gasteiger partial charge in [-0.2, -0.15) is 4.57 Å². The summed E-state index contributed by atoms with van der Waals surface area (Å²) in [4.78, 5) is 11.4. The molecule has 0 aliphatic heterocycles. The minimum absolute atomic E-state index is 0.0403. The number of nitrogens with zero attached hydrogens (tertiary/aromatic N) is 1. The van der Waals surface area contributed by atoms with Crippen LogP contribution in [0.4, 0.5) is 0 Å². The molecule has 0 aromatic carbocycles. The second-order valence-electron chi connectivity index (χ2n) is 3.06. The highest BCUT2D eigenvalue weighted by Crippen LogP contribution is 2.28. The Morgan fingerprint density at radius 3 is 2.38 bits per heavy atom. The largest absolute Gasteiger partial charge is 0.369 e. The van der Waals surface area contributed by atoms with Gasteiger partial charge in [0.15, 0.2) is 18.6 Å². The smallest absolute Gasteiger partial charge is 0.288 e. The van der Waals surface area contributed by atoms with Gasteiger partial charge in [-0.25, -0.2) is 0 Å². The van der Waals surface area contributed by atoms with Gasteiger partial charge in [0.25, 0.3) is 5.91 Å². The van der Waals surface area contributed by atoms with Gasteiger partial charge in [-0.05, 0) is 0 Å². The third-order valence-electron chi connectivity index (χ3n) is 1.71. The summed E-state index contributed by atoms with van der Waals surface area (Å²) in [5, 5.41) is 11.5. The van der Waals surface area contributed by atoms with Crippen LogP contribution >= 0.6 is 34.8 Å². The molecule has 2 N–H and O–H groups in total. The van der Waals surface area contributed by atoms with E-state index in [4.69, 9.17) is 34.8 Å². The van der Waals surface area contributed by atoms with E-state index < -0.39 is 15.9 Å². The molecular formula is C9H10Cl3N2O2+. The maximum absolute atomic E-state index is 11.4. The van der Waals surface area contributed by atoms with Crippen molar-refractivity contribution in [1.29, 1.82) is 0 Å². The molecule has 0 spiro atoms. The SMILES string of the molecule is O=C(C[n+]1ccccc1)N[C@H](O)C(Cl)(Cl)Cl. The fourth-order valence-corrected chi connectivity index (χ4v) is 1.15. The first-order valence-electron chi connectivity index (χ1n) is 4.38. The van der Waals surface area contributed by atoms with E-state index >= 15 is 0 Å². The summed E-state index contributed by atoms with van der Waals surface area (Å²) in [6.07, 6.45) is 1.89. The molecule has 1 rings (SSSR count). The molecule has 0 saturated heterocycles. The molecule has 88 valence electrons. The van der Waals surface area contributed by atoms with Crippen molar-refractivity contribution in [2.24, 2.45) is 0 Å². The van der Waals surface area contributed by atoms with E-state index in [2.05, 4.69) is 5.32 Å². The van der Waals surface area contributed by atoms with E-state index in [9.17, 15) is 9.90 Å². The lowest BCUT2D eigenvalue weighted by Gasteiger charge is -2.18. The molecule has 0 fully saturated rings. The van der Waals surface area contributed by atoms with Crippen molar-refractivity contribution in [1.82, 2.24) is 5.32 Å². The molecule has 0 unspecified atom stereocenters. The molecule has 0 aliphatic carbocycles. The van der Waals surface area contributed by atoms with Gasteiger partial charge in [0.1, 0.15) is 0 Å². The molecular weight excluding hydrogens is 274 g/mol. The van der Waals surface area contributed by atoms with Crippen LogP contribution in [-0.4, -0.2) is 21.0 Å². The number of aromatic nitrogens is 1. The standard InChI is InChI=1S/C9H9Cl3N2O2/c10-9(11,12)8(16)13-7(15)6-14-4-2-1-3-5-14/h1-5,8,16H,6H2/p+1/t8-/m1/s1. The lowest BCUT2D eigenvalue weighted by Crippen LogP contribution is -2.49. The molecule has 1 atom stereocenters. The summed E-state index contributed by atoms with van der Waals surface area (Å²) in [5.41, 5.74) is 0. The third kappa shape index (κ3) is 4.53. The van der Waals surface area contributed by atoms with Crippen LogP contribution in [0.15, 0.2) is 30.6 Å². The molecule has 7 heteroatoms. The summed E-state index contributed by atoms with van der Waals surface area (Å²) in [6, 6.07) is 5.38. The number of nitrogens with one attached hydrogen (secondary N) is 1. The predicted octanol–water partition coefficient (Wildman–Crippen LogP) is 0.779. The van der Waals surface area contributed by atoms with Crippen molar-refractivity contribution in [2.75, 3.05) is 0 Å². The Kier molecular flexibility index (Phi) is 4.80. The van der Waals surface area contributed by atoms with Crippen molar-refractivity contribution < 1.29 is 14.5 Å². The highest BCUT2D eigenvalue weighted by atomic mass is 35.6. The van der Waals surface area contributed by atoms with Crippen LogP contribution < -0.4 is 9.88 Å². The average Bonchev–Trinajstić information content (AvgIpc) is 2.17. The van der Waals surface area contributed by atoms with Crippen LogP contribution in [-0.2, 0) is 11.3 Å². The maximum Gasteiger partial charge on any atom is 0.288 e. The summed E-state index contributed by atoms with van der Waals surface area (Å²) >= 11 is 16.2. The zero-order valence-corrected chi connectivity index (χ0v) is 10.4. The summed E-state index contributed by atoms with van der Waals surface area (Å²) < 4.78 is -0.308. The summed E-state index contributed by atoms with van der Waals surface area (Å²) in [6.45, 7) is 0.0403. The predicted molar refractivity (Wildman–Crippen MR) is 61.1 cm³/mol. The van der Waals surface area contributed by atoms with Crippen LogP contribution in [0.1, 0.15) is 0 Å². The lowest BCUT2D eigenvalue weighted by molar-refractivity contribution is -0.684. The number of aliphatic hydroxyl groups excluding tert-OH is 1. The molecule has 1 aromatic rings. The normalized spacial score (nSPS) is 13.2.